The highest BCUT2D eigenvalue weighted by Gasteiger charge is 2.42. The third kappa shape index (κ3) is 1.44. The lowest BCUT2D eigenvalue weighted by molar-refractivity contribution is -0.140. The van der Waals surface area contributed by atoms with Gasteiger partial charge >= 0.3 is 5.97 Å². The van der Waals surface area contributed by atoms with Crippen LogP contribution in [0.4, 0.5) is 5.69 Å². The maximum atomic E-state index is 12.2. The van der Waals surface area contributed by atoms with Crippen LogP contribution in [0.1, 0.15) is 17.5 Å². The number of benzene rings is 1. The smallest absolute Gasteiger partial charge is 0.327 e. The van der Waals surface area contributed by atoms with Gasteiger partial charge in [-0.15, -0.1) is 0 Å². The molecule has 0 unspecified atom stereocenters. The number of hydrogen-bond donors (Lipinski definition) is 2. The molecule has 3 rings (SSSR count). The Morgan fingerprint density at radius 3 is 2.83 bits per heavy atom. The van der Waals surface area contributed by atoms with Gasteiger partial charge in [0.2, 0.25) is 5.91 Å². The molecule has 0 spiro atoms. The number of carboxylic acid groups (broad SMARTS) is 1. The first-order chi connectivity index (χ1) is 8.59. The van der Waals surface area contributed by atoms with Crippen molar-refractivity contribution in [3.8, 4) is 0 Å². The molecule has 0 bridgehead atoms. The molecule has 2 atom stereocenters. The number of aryl methyl sites for hydroxylation is 1. The molecular formula is C13H14N2O3. The molecule has 94 valence electrons. The number of para-hydroxylation sites is 1. The van der Waals surface area contributed by atoms with Crippen LogP contribution in [0.25, 0.3) is 0 Å². The van der Waals surface area contributed by atoms with E-state index in [1.54, 1.807) is 0 Å². The number of nitrogens with zero attached hydrogens (tertiary/aromatic N) is 1. The predicted molar refractivity (Wildman–Crippen MR) is 65.4 cm³/mol. The SMILES string of the molecule is N[C@H]1CCc2cccc3c2N(C1=O)[C@H](C(=O)O)C3. The van der Waals surface area contributed by atoms with Crippen LogP contribution in [0.2, 0.25) is 0 Å². The topological polar surface area (TPSA) is 83.6 Å². The van der Waals surface area contributed by atoms with E-state index in [0.29, 0.717) is 12.8 Å². The van der Waals surface area contributed by atoms with Crippen LogP contribution >= 0.6 is 0 Å². The third-order valence-corrected chi connectivity index (χ3v) is 3.73. The quantitative estimate of drug-likeness (QED) is 0.746. The Labute approximate surface area is 104 Å². The van der Waals surface area contributed by atoms with Gasteiger partial charge in [-0.3, -0.25) is 9.69 Å². The Kier molecular flexibility index (Phi) is 2.38. The van der Waals surface area contributed by atoms with Gasteiger partial charge in [0.05, 0.1) is 11.7 Å². The average Bonchev–Trinajstić information content (AvgIpc) is 2.69. The van der Waals surface area contributed by atoms with Crippen LogP contribution in [0.3, 0.4) is 0 Å². The van der Waals surface area contributed by atoms with E-state index in [2.05, 4.69) is 0 Å². The summed E-state index contributed by atoms with van der Waals surface area (Å²) < 4.78 is 0. The van der Waals surface area contributed by atoms with Crippen molar-refractivity contribution < 1.29 is 14.7 Å². The summed E-state index contributed by atoms with van der Waals surface area (Å²) in [5.74, 6) is -1.24. The molecular weight excluding hydrogens is 232 g/mol. The lowest BCUT2D eigenvalue weighted by Gasteiger charge is -2.24. The second-order valence-electron chi connectivity index (χ2n) is 4.84. The largest absolute Gasteiger partial charge is 0.480 e. The highest BCUT2D eigenvalue weighted by atomic mass is 16.4. The highest BCUT2D eigenvalue weighted by Crippen LogP contribution is 2.38. The Hall–Kier alpha value is -1.88. The molecule has 0 aliphatic carbocycles. The molecule has 0 saturated carbocycles. The molecule has 5 nitrogen and oxygen atoms in total. The van der Waals surface area contributed by atoms with Crippen molar-refractivity contribution in [3.05, 3.63) is 29.3 Å². The number of aliphatic carboxylic acids is 1. The van der Waals surface area contributed by atoms with Crippen molar-refractivity contribution in [1.82, 2.24) is 0 Å². The lowest BCUT2D eigenvalue weighted by atomic mass is 10.0. The fraction of sp³-hybridized carbons (Fsp3) is 0.385. The number of carboxylic acids is 1. The van der Waals surface area contributed by atoms with Crippen molar-refractivity contribution in [2.24, 2.45) is 5.73 Å². The summed E-state index contributed by atoms with van der Waals surface area (Å²) in [5.41, 5.74) is 8.56. The fourth-order valence-corrected chi connectivity index (χ4v) is 2.85. The average molecular weight is 246 g/mol. The number of carbonyl (C=O) groups is 2. The maximum Gasteiger partial charge on any atom is 0.327 e. The number of carbonyl (C=O) groups excluding carboxylic acids is 1. The van der Waals surface area contributed by atoms with Crippen molar-refractivity contribution in [3.63, 3.8) is 0 Å². The molecule has 0 radical (unpaired) electrons. The van der Waals surface area contributed by atoms with Crippen LogP contribution in [0.15, 0.2) is 18.2 Å². The van der Waals surface area contributed by atoms with E-state index in [0.717, 1.165) is 23.2 Å². The van der Waals surface area contributed by atoms with Gasteiger partial charge in [-0.05, 0) is 24.0 Å². The highest BCUT2D eigenvalue weighted by molar-refractivity contribution is 6.05. The predicted octanol–water partition coefficient (Wildman–Crippen LogP) is 0.302. The van der Waals surface area contributed by atoms with Crippen molar-refractivity contribution in [1.29, 1.82) is 0 Å². The summed E-state index contributed by atoms with van der Waals surface area (Å²) in [6.45, 7) is 0. The molecule has 2 aliphatic heterocycles. The van der Waals surface area contributed by atoms with Gasteiger partial charge < -0.3 is 10.8 Å². The first-order valence-corrected chi connectivity index (χ1v) is 6.02. The molecule has 5 heteroatoms. The molecule has 0 saturated heterocycles. The van der Waals surface area contributed by atoms with Gasteiger partial charge in [0.15, 0.2) is 0 Å². The molecule has 3 N–H and O–H groups in total. The van der Waals surface area contributed by atoms with Crippen LogP contribution in [-0.2, 0) is 22.4 Å². The second kappa shape index (κ2) is 3.81. The first-order valence-electron chi connectivity index (χ1n) is 6.02. The number of amides is 1. The van der Waals surface area contributed by atoms with Gasteiger partial charge in [-0.2, -0.15) is 0 Å². The lowest BCUT2D eigenvalue weighted by Crippen LogP contribution is -2.49. The molecule has 1 aromatic carbocycles. The monoisotopic (exact) mass is 246 g/mol. The third-order valence-electron chi connectivity index (χ3n) is 3.73. The van der Waals surface area contributed by atoms with E-state index in [1.807, 2.05) is 18.2 Å². The second-order valence-corrected chi connectivity index (χ2v) is 4.84. The standard InChI is InChI=1S/C13H14N2O3/c14-9-5-4-7-2-1-3-8-6-10(13(17)18)15(11(7)8)12(9)16/h1-3,9-10H,4-6,14H2,(H,17,18)/t9-,10-/m0/s1. The number of rotatable bonds is 1. The van der Waals surface area contributed by atoms with E-state index in [1.165, 1.54) is 4.90 Å². The van der Waals surface area contributed by atoms with E-state index < -0.39 is 18.1 Å². The first kappa shape index (κ1) is 11.2. The Morgan fingerprint density at radius 1 is 1.39 bits per heavy atom. The van der Waals surface area contributed by atoms with Crippen molar-refractivity contribution in [2.45, 2.75) is 31.3 Å². The zero-order valence-electron chi connectivity index (χ0n) is 9.80. The number of nitrogens with two attached hydrogens (primary N) is 1. The van der Waals surface area contributed by atoms with Crippen LogP contribution in [0.5, 0.6) is 0 Å². The van der Waals surface area contributed by atoms with Gasteiger partial charge in [0.1, 0.15) is 6.04 Å². The van der Waals surface area contributed by atoms with E-state index in [9.17, 15) is 14.7 Å². The Balaban J connectivity index is 2.18. The summed E-state index contributed by atoms with van der Waals surface area (Å²) >= 11 is 0. The molecule has 2 heterocycles. The summed E-state index contributed by atoms with van der Waals surface area (Å²) in [4.78, 5) is 24.9. The minimum atomic E-state index is -0.973. The molecule has 18 heavy (non-hydrogen) atoms. The van der Waals surface area contributed by atoms with Gasteiger partial charge in [0, 0.05) is 6.42 Å². The molecule has 1 amide bonds. The Bertz CT molecular complexity index is 541. The Morgan fingerprint density at radius 2 is 2.11 bits per heavy atom. The maximum absolute atomic E-state index is 12.2. The van der Waals surface area contributed by atoms with Gasteiger partial charge in [0.25, 0.3) is 0 Å². The minimum absolute atomic E-state index is 0.272. The summed E-state index contributed by atoms with van der Waals surface area (Å²) in [6.07, 6.45) is 1.66. The van der Waals surface area contributed by atoms with E-state index in [4.69, 9.17) is 5.73 Å². The molecule has 0 fully saturated rings. The molecule has 0 aromatic heterocycles. The van der Waals surface area contributed by atoms with Gasteiger partial charge in [-0.25, -0.2) is 4.79 Å². The van der Waals surface area contributed by atoms with Crippen LogP contribution in [-0.4, -0.2) is 29.1 Å². The van der Waals surface area contributed by atoms with Gasteiger partial charge in [-0.1, -0.05) is 18.2 Å². The molecule has 1 aromatic rings. The fourth-order valence-electron chi connectivity index (χ4n) is 2.85. The number of anilines is 1. The van der Waals surface area contributed by atoms with Crippen LogP contribution < -0.4 is 10.6 Å². The van der Waals surface area contributed by atoms with Crippen LogP contribution in [0, 0.1) is 0 Å². The van der Waals surface area contributed by atoms with E-state index in [-0.39, 0.29) is 5.91 Å². The zero-order chi connectivity index (χ0) is 12.9. The zero-order valence-corrected chi connectivity index (χ0v) is 9.80. The minimum Gasteiger partial charge on any atom is -0.480 e. The van der Waals surface area contributed by atoms with Crippen molar-refractivity contribution in [2.75, 3.05) is 4.90 Å². The molecule has 2 aliphatic rings. The van der Waals surface area contributed by atoms with E-state index >= 15 is 0 Å². The normalized spacial score (nSPS) is 25.8. The number of hydrogen-bond acceptors (Lipinski definition) is 3. The summed E-state index contributed by atoms with van der Waals surface area (Å²) in [6, 6.07) is 4.33. The van der Waals surface area contributed by atoms with Crippen molar-refractivity contribution >= 4 is 17.6 Å². The summed E-state index contributed by atoms with van der Waals surface area (Å²) in [5, 5.41) is 9.26. The summed E-state index contributed by atoms with van der Waals surface area (Å²) in [7, 11) is 0.